The van der Waals surface area contributed by atoms with E-state index in [4.69, 9.17) is 4.84 Å². The Morgan fingerprint density at radius 3 is 2.93 bits per heavy atom. The van der Waals surface area contributed by atoms with E-state index < -0.39 is 0 Å². The summed E-state index contributed by atoms with van der Waals surface area (Å²) in [5.74, 6) is 0.00108. The van der Waals surface area contributed by atoms with Gasteiger partial charge < -0.3 is 5.32 Å². The van der Waals surface area contributed by atoms with E-state index in [2.05, 4.69) is 10.8 Å². The molecule has 1 aromatic rings. The number of benzene rings is 1. The highest BCUT2D eigenvalue weighted by atomic mass is 16.6. The van der Waals surface area contributed by atoms with Crippen LogP contribution in [0.15, 0.2) is 24.3 Å². The second-order valence-electron chi connectivity index (χ2n) is 3.24. The lowest BCUT2D eigenvalue weighted by Crippen LogP contribution is -2.22. The number of carbonyl (C=O) groups excluding carboxylic acids is 1. The maximum Gasteiger partial charge on any atom is 0.216 e. The molecule has 0 aromatic heterocycles. The summed E-state index contributed by atoms with van der Waals surface area (Å²) in [5.41, 5.74) is 4.83. The van der Waals surface area contributed by atoms with Crippen LogP contribution in [-0.2, 0) is 16.1 Å². The van der Waals surface area contributed by atoms with Crippen LogP contribution in [0.4, 0.5) is 5.69 Å². The summed E-state index contributed by atoms with van der Waals surface area (Å²) in [4.78, 5) is 15.5. The molecule has 0 bridgehead atoms. The number of hydrogen-bond donors (Lipinski definition) is 2. The van der Waals surface area contributed by atoms with Gasteiger partial charge in [0.15, 0.2) is 0 Å². The minimum atomic E-state index is 0.00108. The van der Waals surface area contributed by atoms with Gasteiger partial charge in [0.1, 0.15) is 0 Å². The van der Waals surface area contributed by atoms with Crippen molar-refractivity contribution in [2.75, 3.05) is 19.1 Å². The molecule has 0 radical (unpaired) electrons. The quantitative estimate of drug-likeness (QED) is 0.718. The van der Waals surface area contributed by atoms with Crippen molar-refractivity contribution in [2.45, 2.75) is 13.3 Å². The van der Waals surface area contributed by atoms with Gasteiger partial charge in [0, 0.05) is 13.5 Å². The molecule has 0 saturated heterocycles. The van der Waals surface area contributed by atoms with Crippen molar-refractivity contribution in [3.8, 4) is 0 Å². The first-order chi connectivity index (χ1) is 7.22. The van der Waals surface area contributed by atoms with E-state index in [1.165, 1.54) is 6.92 Å². The Labute approximate surface area is 89.6 Å². The number of nitrogens with one attached hydrogen (secondary N) is 2. The van der Waals surface area contributed by atoms with Crippen LogP contribution in [0.3, 0.4) is 0 Å². The van der Waals surface area contributed by atoms with Crippen molar-refractivity contribution in [3.63, 3.8) is 0 Å². The third kappa shape index (κ3) is 4.46. The molecule has 1 aromatic carbocycles. The Balaban J connectivity index is 2.46. The third-order valence-electron chi connectivity index (χ3n) is 1.93. The fraction of sp³-hybridized carbons (Fsp3) is 0.364. The van der Waals surface area contributed by atoms with Gasteiger partial charge in [0.25, 0.3) is 0 Å². The van der Waals surface area contributed by atoms with E-state index in [0.29, 0.717) is 6.54 Å². The zero-order valence-corrected chi connectivity index (χ0v) is 9.04. The van der Waals surface area contributed by atoms with Gasteiger partial charge in [-0.25, -0.2) is 0 Å². The molecule has 2 N–H and O–H groups in total. The van der Waals surface area contributed by atoms with Gasteiger partial charge in [0.2, 0.25) is 5.91 Å². The SMILES string of the molecule is CONc1cccc(CCNC(C)=O)c1. The summed E-state index contributed by atoms with van der Waals surface area (Å²) >= 11 is 0. The number of carbonyl (C=O) groups is 1. The summed E-state index contributed by atoms with van der Waals surface area (Å²) in [6, 6.07) is 7.88. The first-order valence-corrected chi connectivity index (χ1v) is 4.84. The Morgan fingerprint density at radius 1 is 1.47 bits per heavy atom. The van der Waals surface area contributed by atoms with Crippen molar-refractivity contribution >= 4 is 11.6 Å². The van der Waals surface area contributed by atoms with E-state index in [1.54, 1.807) is 7.11 Å². The van der Waals surface area contributed by atoms with E-state index in [-0.39, 0.29) is 5.91 Å². The molecule has 0 aliphatic rings. The molecular weight excluding hydrogens is 192 g/mol. The van der Waals surface area contributed by atoms with Gasteiger partial charge >= 0.3 is 0 Å². The lowest BCUT2D eigenvalue weighted by molar-refractivity contribution is -0.118. The Bertz CT molecular complexity index is 326. The standard InChI is InChI=1S/C11H16N2O2/c1-9(14)12-7-6-10-4-3-5-11(8-10)13-15-2/h3-5,8,13H,6-7H2,1-2H3,(H,12,14). The molecular formula is C11H16N2O2. The van der Waals surface area contributed by atoms with Gasteiger partial charge in [-0.1, -0.05) is 12.1 Å². The van der Waals surface area contributed by atoms with Crippen molar-refractivity contribution in [1.29, 1.82) is 0 Å². The predicted molar refractivity (Wildman–Crippen MR) is 59.5 cm³/mol. The molecule has 0 saturated carbocycles. The highest BCUT2D eigenvalue weighted by molar-refractivity contribution is 5.72. The molecule has 0 unspecified atom stereocenters. The Kier molecular flexibility index (Phi) is 4.63. The molecule has 1 rings (SSSR count). The van der Waals surface area contributed by atoms with Crippen LogP contribution >= 0.6 is 0 Å². The summed E-state index contributed by atoms with van der Waals surface area (Å²) in [6.07, 6.45) is 0.818. The van der Waals surface area contributed by atoms with E-state index in [0.717, 1.165) is 17.7 Å². The van der Waals surface area contributed by atoms with Crippen LogP contribution < -0.4 is 10.8 Å². The lowest BCUT2D eigenvalue weighted by Gasteiger charge is -2.06. The zero-order chi connectivity index (χ0) is 11.1. The number of hydrogen-bond acceptors (Lipinski definition) is 3. The van der Waals surface area contributed by atoms with E-state index in [9.17, 15) is 4.79 Å². The monoisotopic (exact) mass is 208 g/mol. The van der Waals surface area contributed by atoms with Gasteiger partial charge in [-0.2, -0.15) is 0 Å². The van der Waals surface area contributed by atoms with Crippen LogP contribution in [0.2, 0.25) is 0 Å². The molecule has 0 aliphatic heterocycles. The van der Waals surface area contributed by atoms with Crippen LogP contribution in [0, 0.1) is 0 Å². The highest BCUT2D eigenvalue weighted by Crippen LogP contribution is 2.10. The summed E-state index contributed by atoms with van der Waals surface area (Å²) < 4.78 is 0. The average molecular weight is 208 g/mol. The fourth-order valence-corrected chi connectivity index (χ4v) is 1.29. The fourth-order valence-electron chi connectivity index (χ4n) is 1.29. The molecule has 0 spiro atoms. The van der Waals surface area contributed by atoms with Gasteiger partial charge in [-0.05, 0) is 24.1 Å². The zero-order valence-electron chi connectivity index (χ0n) is 9.04. The number of anilines is 1. The normalized spacial score (nSPS) is 9.73. The molecule has 1 amide bonds. The average Bonchev–Trinajstić information content (AvgIpc) is 2.18. The van der Waals surface area contributed by atoms with Crippen LogP contribution in [-0.4, -0.2) is 19.6 Å². The molecule has 0 heterocycles. The number of rotatable bonds is 5. The minimum Gasteiger partial charge on any atom is -0.356 e. The van der Waals surface area contributed by atoms with Crippen molar-refractivity contribution in [2.24, 2.45) is 0 Å². The topological polar surface area (TPSA) is 50.4 Å². The molecule has 0 fully saturated rings. The third-order valence-corrected chi connectivity index (χ3v) is 1.93. The van der Waals surface area contributed by atoms with Crippen LogP contribution in [0.25, 0.3) is 0 Å². The molecule has 82 valence electrons. The molecule has 15 heavy (non-hydrogen) atoms. The largest absolute Gasteiger partial charge is 0.356 e. The summed E-state index contributed by atoms with van der Waals surface area (Å²) in [7, 11) is 1.57. The van der Waals surface area contributed by atoms with Crippen molar-refractivity contribution in [3.05, 3.63) is 29.8 Å². The summed E-state index contributed by atoms with van der Waals surface area (Å²) in [5, 5.41) is 2.75. The second kappa shape index (κ2) is 6.03. The van der Waals surface area contributed by atoms with Crippen molar-refractivity contribution < 1.29 is 9.63 Å². The second-order valence-corrected chi connectivity index (χ2v) is 3.24. The molecule has 4 nitrogen and oxygen atoms in total. The highest BCUT2D eigenvalue weighted by Gasteiger charge is 1.96. The first-order valence-electron chi connectivity index (χ1n) is 4.84. The lowest BCUT2D eigenvalue weighted by atomic mass is 10.1. The molecule has 0 aliphatic carbocycles. The maximum atomic E-state index is 10.7. The summed E-state index contributed by atoms with van der Waals surface area (Å²) in [6.45, 7) is 2.18. The van der Waals surface area contributed by atoms with Crippen molar-refractivity contribution in [1.82, 2.24) is 5.32 Å². The smallest absolute Gasteiger partial charge is 0.216 e. The Morgan fingerprint density at radius 2 is 2.27 bits per heavy atom. The molecule has 4 heteroatoms. The minimum absolute atomic E-state index is 0.00108. The van der Waals surface area contributed by atoms with Crippen LogP contribution in [0.5, 0.6) is 0 Å². The first kappa shape index (κ1) is 11.5. The molecule has 0 atom stereocenters. The maximum absolute atomic E-state index is 10.7. The number of amides is 1. The van der Waals surface area contributed by atoms with Gasteiger partial charge in [0.05, 0.1) is 12.8 Å². The Hall–Kier alpha value is -1.55. The van der Waals surface area contributed by atoms with Gasteiger partial charge in [-0.15, -0.1) is 0 Å². The van der Waals surface area contributed by atoms with E-state index in [1.807, 2.05) is 24.3 Å². The predicted octanol–water partition coefficient (Wildman–Crippen LogP) is 1.34. The van der Waals surface area contributed by atoms with Gasteiger partial charge in [-0.3, -0.25) is 15.1 Å². The van der Waals surface area contributed by atoms with Crippen LogP contribution in [0.1, 0.15) is 12.5 Å². The van der Waals surface area contributed by atoms with E-state index >= 15 is 0 Å².